The van der Waals surface area contributed by atoms with Gasteiger partial charge in [-0.25, -0.2) is 0 Å². The number of amides is 1. The van der Waals surface area contributed by atoms with Crippen LogP contribution in [0.25, 0.3) is 0 Å². The molecule has 0 spiro atoms. The SMILES string of the molecule is Cc1cc(N)cc(C(=O)N(C)C2CC2)c1. The van der Waals surface area contributed by atoms with E-state index >= 15 is 0 Å². The lowest BCUT2D eigenvalue weighted by atomic mass is 10.1. The Hall–Kier alpha value is -1.51. The van der Waals surface area contributed by atoms with Gasteiger partial charge in [-0.1, -0.05) is 0 Å². The van der Waals surface area contributed by atoms with Crippen molar-refractivity contribution in [2.24, 2.45) is 0 Å². The second-order valence-electron chi connectivity index (χ2n) is 4.28. The van der Waals surface area contributed by atoms with E-state index in [9.17, 15) is 4.79 Å². The number of carbonyl (C=O) groups is 1. The zero-order valence-electron chi connectivity index (χ0n) is 9.16. The van der Waals surface area contributed by atoms with E-state index < -0.39 is 0 Å². The first-order valence-electron chi connectivity index (χ1n) is 5.22. The molecular weight excluding hydrogens is 188 g/mol. The molecule has 1 aromatic carbocycles. The summed E-state index contributed by atoms with van der Waals surface area (Å²) < 4.78 is 0. The van der Waals surface area contributed by atoms with Crippen molar-refractivity contribution in [1.29, 1.82) is 0 Å². The van der Waals surface area contributed by atoms with Gasteiger partial charge in [0, 0.05) is 24.3 Å². The Morgan fingerprint density at radius 2 is 2.07 bits per heavy atom. The van der Waals surface area contributed by atoms with Gasteiger partial charge in [-0.2, -0.15) is 0 Å². The van der Waals surface area contributed by atoms with E-state index in [0.29, 0.717) is 17.3 Å². The van der Waals surface area contributed by atoms with Crippen LogP contribution in [0.2, 0.25) is 0 Å². The van der Waals surface area contributed by atoms with Crippen molar-refractivity contribution in [1.82, 2.24) is 4.90 Å². The van der Waals surface area contributed by atoms with Crippen LogP contribution in [0.1, 0.15) is 28.8 Å². The lowest BCUT2D eigenvalue weighted by Crippen LogP contribution is -2.28. The van der Waals surface area contributed by atoms with Gasteiger partial charge in [-0.05, 0) is 43.5 Å². The zero-order chi connectivity index (χ0) is 11.0. The van der Waals surface area contributed by atoms with Gasteiger partial charge >= 0.3 is 0 Å². The summed E-state index contributed by atoms with van der Waals surface area (Å²) in [5, 5.41) is 0. The van der Waals surface area contributed by atoms with Crippen LogP contribution in [0.15, 0.2) is 18.2 Å². The van der Waals surface area contributed by atoms with Gasteiger partial charge in [0.15, 0.2) is 0 Å². The van der Waals surface area contributed by atoms with Crippen LogP contribution >= 0.6 is 0 Å². The molecule has 0 aromatic heterocycles. The number of aryl methyl sites for hydroxylation is 1. The maximum atomic E-state index is 12.0. The molecule has 3 nitrogen and oxygen atoms in total. The van der Waals surface area contributed by atoms with Crippen LogP contribution in [-0.2, 0) is 0 Å². The molecule has 0 atom stereocenters. The fraction of sp³-hybridized carbons (Fsp3) is 0.417. The van der Waals surface area contributed by atoms with E-state index in [2.05, 4.69) is 0 Å². The molecule has 0 unspecified atom stereocenters. The van der Waals surface area contributed by atoms with Crippen molar-refractivity contribution >= 4 is 11.6 Å². The molecule has 0 saturated heterocycles. The average Bonchev–Trinajstić information content (AvgIpc) is 2.97. The van der Waals surface area contributed by atoms with Gasteiger partial charge in [0.25, 0.3) is 5.91 Å². The molecule has 2 N–H and O–H groups in total. The summed E-state index contributed by atoms with van der Waals surface area (Å²) in [5.41, 5.74) is 8.10. The third-order valence-corrected chi connectivity index (χ3v) is 2.76. The number of hydrogen-bond acceptors (Lipinski definition) is 2. The number of anilines is 1. The molecule has 0 aliphatic heterocycles. The van der Waals surface area contributed by atoms with Crippen molar-refractivity contribution in [2.75, 3.05) is 12.8 Å². The third-order valence-electron chi connectivity index (χ3n) is 2.76. The first kappa shape index (κ1) is 10.0. The quantitative estimate of drug-likeness (QED) is 0.747. The molecule has 1 fully saturated rings. The van der Waals surface area contributed by atoms with E-state index in [4.69, 9.17) is 5.73 Å². The van der Waals surface area contributed by atoms with Crippen molar-refractivity contribution in [2.45, 2.75) is 25.8 Å². The molecule has 3 heteroatoms. The molecule has 15 heavy (non-hydrogen) atoms. The van der Waals surface area contributed by atoms with Crippen molar-refractivity contribution in [3.8, 4) is 0 Å². The number of benzene rings is 1. The van der Waals surface area contributed by atoms with E-state index in [1.54, 1.807) is 6.07 Å². The molecule has 1 aliphatic rings. The minimum absolute atomic E-state index is 0.0768. The number of nitrogen functional groups attached to an aromatic ring is 1. The van der Waals surface area contributed by atoms with E-state index in [1.165, 1.54) is 0 Å². The minimum Gasteiger partial charge on any atom is -0.399 e. The smallest absolute Gasteiger partial charge is 0.253 e. The number of hydrogen-bond donors (Lipinski definition) is 1. The summed E-state index contributed by atoms with van der Waals surface area (Å²) in [7, 11) is 1.86. The van der Waals surface area contributed by atoms with Crippen LogP contribution in [0.4, 0.5) is 5.69 Å². The highest BCUT2D eigenvalue weighted by Crippen LogP contribution is 2.27. The number of nitrogens with zero attached hydrogens (tertiary/aromatic N) is 1. The molecule has 80 valence electrons. The standard InChI is InChI=1S/C12H16N2O/c1-8-5-9(7-10(13)6-8)12(15)14(2)11-3-4-11/h5-7,11H,3-4,13H2,1-2H3. The highest BCUT2D eigenvalue weighted by Gasteiger charge is 2.30. The molecular formula is C12H16N2O. The molecule has 1 amide bonds. The fourth-order valence-corrected chi connectivity index (χ4v) is 1.77. The summed E-state index contributed by atoms with van der Waals surface area (Å²) in [4.78, 5) is 13.8. The Kier molecular flexibility index (Phi) is 2.39. The van der Waals surface area contributed by atoms with Crippen molar-refractivity contribution in [3.63, 3.8) is 0 Å². The van der Waals surface area contributed by atoms with Crippen LogP contribution in [0.5, 0.6) is 0 Å². The Labute approximate surface area is 89.9 Å². The normalized spacial score (nSPS) is 15.1. The second-order valence-corrected chi connectivity index (χ2v) is 4.28. The Morgan fingerprint density at radius 3 is 2.60 bits per heavy atom. The van der Waals surface area contributed by atoms with Crippen LogP contribution < -0.4 is 5.73 Å². The average molecular weight is 204 g/mol. The number of rotatable bonds is 2. The van der Waals surface area contributed by atoms with Crippen LogP contribution in [0, 0.1) is 6.92 Å². The van der Waals surface area contributed by atoms with E-state index in [1.807, 2.05) is 31.0 Å². The Bertz CT molecular complexity index is 376. The Morgan fingerprint density at radius 1 is 1.40 bits per heavy atom. The lowest BCUT2D eigenvalue weighted by molar-refractivity contribution is 0.0785. The van der Waals surface area contributed by atoms with E-state index in [0.717, 1.165) is 18.4 Å². The molecule has 0 heterocycles. The fourth-order valence-electron chi connectivity index (χ4n) is 1.77. The minimum atomic E-state index is 0.0768. The summed E-state index contributed by atoms with van der Waals surface area (Å²) in [6.45, 7) is 1.95. The van der Waals surface area contributed by atoms with E-state index in [-0.39, 0.29) is 5.91 Å². The number of carbonyl (C=O) groups excluding carboxylic acids is 1. The maximum absolute atomic E-state index is 12.0. The monoisotopic (exact) mass is 204 g/mol. The van der Waals surface area contributed by atoms with Crippen LogP contribution in [0.3, 0.4) is 0 Å². The van der Waals surface area contributed by atoms with Gasteiger partial charge in [0.2, 0.25) is 0 Å². The third kappa shape index (κ3) is 2.12. The number of nitrogens with two attached hydrogens (primary N) is 1. The van der Waals surface area contributed by atoms with Gasteiger partial charge in [-0.3, -0.25) is 4.79 Å². The topological polar surface area (TPSA) is 46.3 Å². The predicted molar refractivity (Wildman–Crippen MR) is 60.7 cm³/mol. The van der Waals surface area contributed by atoms with Crippen molar-refractivity contribution < 1.29 is 4.79 Å². The highest BCUT2D eigenvalue weighted by atomic mass is 16.2. The lowest BCUT2D eigenvalue weighted by Gasteiger charge is -2.16. The first-order chi connectivity index (χ1) is 7.08. The highest BCUT2D eigenvalue weighted by molar-refractivity contribution is 5.95. The van der Waals surface area contributed by atoms with Crippen molar-refractivity contribution in [3.05, 3.63) is 29.3 Å². The molecule has 0 bridgehead atoms. The largest absolute Gasteiger partial charge is 0.399 e. The van der Waals surface area contributed by atoms with Gasteiger partial charge < -0.3 is 10.6 Å². The molecule has 0 radical (unpaired) electrons. The predicted octanol–water partition coefficient (Wildman–Crippen LogP) is 1.81. The molecule has 1 saturated carbocycles. The summed E-state index contributed by atoms with van der Waals surface area (Å²) >= 11 is 0. The summed E-state index contributed by atoms with van der Waals surface area (Å²) in [6.07, 6.45) is 2.26. The summed E-state index contributed by atoms with van der Waals surface area (Å²) in [5.74, 6) is 0.0768. The van der Waals surface area contributed by atoms with Gasteiger partial charge in [0.1, 0.15) is 0 Å². The maximum Gasteiger partial charge on any atom is 0.253 e. The van der Waals surface area contributed by atoms with Crippen LogP contribution in [-0.4, -0.2) is 23.9 Å². The second kappa shape index (κ2) is 3.57. The summed E-state index contributed by atoms with van der Waals surface area (Å²) in [6, 6.07) is 5.94. The molecule has 1 aromatic rings. The van der Waals surface area contributed by atoms with Gasteiger partial charge in [0.05, 0.1) is 0 Å². The Balaban J connectivity index is 2.24. The van der Waals surface area contributed by atoms with Gasteiger partial charge in [-0.15, -0.1) is 0 Å². The molecule has 1 aliphatic carbocycles. The first-order valence-corrected chi connectivity index (χ1v) is 5.22. The zero-order valence-corrected chi connectivity index (χ0v) is 9.16. The molecule has 2 rings (SSSR count).